The highest BCUT2D eigenvalue weighted by Gasteiger charge is 2.08. The van der Waals surface area contributed by atoms with E-state index in [1.54, 1.807) is 11.8 Å². The fraction of sp³-hybridized carbons (Fsp3) is 0.636. The van der Waals surface area contributed by atoms with Crippen LogP contribution in [0.15, 0.2) is 5.03 Å². The Morgan fingerprint density at radius 1 is 1.20 bits per heavy atom. The van der Waals surface area contributed by atoms with Gasteiger partial charge in [0.05, 0.1) is 0 Å². The van der Waals surface area contributed by atoms with Gasteiger partial charge in [0.2, 0.25) is 0 Å². The number of hydrogen-bond acceptors (Lipinski definition) is 3. The highest BCUT2D eigenvalue weighted by molar-refractivity contribution is 7.99. The van der Waals surface area contributed by atoms with Crippen LogP contribution in [0.1, 0.15) is 38.1 Å². The molecule has 0 radical (unpaired) electrons. The lowest BCUT2D eigenvalue weighted by Gasteiger charge is -2.07. The second-order valence-corrected chi connectivity index (χ2v) is 4.90. The van der Waals surface area contributed by atoms with Crippen LogP contribution in [0.25, 0.3) is 0 Å². The number of thioether (sulfide) groups is 1. The van der Waals surface area contributed by atoms with Crippen molar-refractivity contribution in [3.8, 4) is 0 Å². The fourth-order valence-corrected chi connectivity index (χ4v) is 2.31. The van der Waals surface area contributed by atoms with Crippen LogP contribution in [-0.2, 0) is 6.42 Å². The van der Waals surface area contributed by atoms with Crippen LogP contribution in [0.3, 0.4) is 0 Å². The molecule has 0 amide bonds. The molecule has 1 rings (SSSR count). The molecule has 2 nitrogen and oxygen atoms in total. The molecule has 1 heterocycles. The predicted molar refractivity (Wildman–Crippen MR) is 66.8 cm³/mol. The van der Waals surface area contributed by atoms with Gasteiger partial charge in [-0.1, -0.05) is 25.4 Å². The first-order valence-corrected chi connectivity index (χ1v) is 6.71. The van der Waals surface area contributed by atoms with Gasteiger partial charge >= 0.3 is 0 Å². The van der Waals surface area contributed by atoms with Gasteiger partial charge in [0.15, 0.2) is 0 Å². The molecule has 0 spiro atoms. The first-order chi connectivity index (χ1) is 7.19. The van der Waals surface area contributed by atoms with Crippen molar-refractivity contribution < 1.29 is 0 Å². The Morgan fingerprint density at radius 3 is 2.53 bits per heavy atom. The highest BCUT2D eigenvalue weighted by atomic mass is 35.5. The van der Waals surface area contributed by atoms with E-state index < -0.39 is 0 Å². The summed E-state index contributed by atoms with van der Waals surface area (Å²) in [6.07, 6.45) is 3.10. The molecule has 15 heavy (non-hydrogen) atoms. The van der Waals surface area contributed by atoms with Crippen LogP contribution in [0, 0.1) is 6.92 Å². The second-order valence-electron chi connectivity index (χ2n) is 3.46. The maximum absolute atomic E-state index is 6.07. The van der Waals surface area contributed by atoms with E-state index in [1.807, 2.05) is 6.92 Å². The van der Waals surface area contributed by atoms with Gasteiger partial charge < -0.3 is 0 Å². The number of halogens is 1. The summed E-state index contributed by atoms with van der Waals surface area (Å²) < 4.78 is 0. The van der Waals surface area contributed by atoms with Crippen LogP contribution in [-0.4, -0.2) is 15.7 Å². The molecule has 84 valence electrons. The summed E-state index contributed by atoms with van der Waals surface area (Å²) >= 11 is 7.83. The molecule has 0 aromatic carbocycles. The number of aromatic nitrogens is 2. The minimum Gasteiger partial charge on any atom is -0.226 e. The molecule has 0 fully saturated rings. The van der Waals surface area contributed by atoms with Crippen molar-refractivity contribution in [1.82, 2.24) is 9.97 Å². The van der Waals surface area contributed by atoms with Crippen LogP contribution in [0.5, 0.6) is 0 Å². The summed E-state index contributed by atoms with van der Waals surface area (Å²) in [5.41, 5.74) is 1.01. The second kappa shape index (κ2) is 6.33. The number of rotatable bonds is 5. The Labute approximate surface area is 101 Å². The summed E-state index contributed by atoms with van der Waals surface area (Å²) in [6, 6.07) is 0. The van der Waals surface area contributed by atoms with E-state index in [0.29, 0.717) is 5.15 Å². The lowest BCUT2D eigenvalue weighted by Crippen LogP contribution is -2.00. The molecule has 1 aromatic heterocycles. The maximum Gasteiger partial charge on any atom is 0.136 e. The zero-order chi connectivity index (χ0) is 11.3. The van der Waals surface area contributed by atoms with E-state index in [-0.39, 0.29) is 0 Å². The topological polar surface area (TPSA) is 25.8 Å². The molecule has 0 unspecified atom stereocenters. The molecule has 0 bridgehead atoms. The summed E-state index contributed by atoms with van der Waals surface area (Å²) in [7, 11) is 0. The molecule has 0 aliphatic carbocycles. The fourth-order valence-electron chi connectivity index (χ4n) is 1.19. The van der Waals surface area contributed by atoms with Crippen molar-refractivity contribution in [2.75, 3.05) is 5.75 Å². The summed E-state index contributed by atoms with van der Waals surface area (Å²) in [6.45, 7) is 6.27. The minimum atomic E-state index is 0.604. The third-order valence-corrected chi connectivity index (χ3v) is 3.66. The zero-order valence-corrected chi connectivity index (χ0v) is 11.1. The van der Waals surface area contributed by atoms with E-state index in [2.05, 4.69) is 23.8 Å². The third kappa shape index (κ3) is 3.65. The smallest absolute Gasteiger partial charge is 0.136 e. The van der Waals surface area contributed by atoms with Gasteiger partial charge in [-0.25, -0.2) is 9.97 Å². The largest absolute Gasteiger partial charge is 0.226 e. The number of aryl methyl sites for hydroxylation is 1. The third-order valence-electron chi connectivity index (χ3n) is 2.00. The summed E-state index contributed by atoms with van der Waals surface area (Å²) in [5.74, 6) is 1.95. The molecule has 0 N–H and O–H groups in total. The number of hydrogen-bond donors (Lipinski definition) is 0. The monoisotopic (exact) mass is 244 g/mol. The Balaban J connectivity index is 2.91. The van der Waals surface area contributed by atoms with E-state index in [9.17, 15) is 0 Å². The molecule has 0 saturated heterocycles. The van der Waals surface area contributed by atoms with Crippen molar-refractivity contribution in [3.63, 3.8) is 0 Å². The van der Waals surface area contributed by atoms with E-state index >= 15 is 0 Å². The number of nitrogens with zero attached hydrogens (tertiary/aromatic N) is 2. The van der Waals surface area contributed by atoms with E-state index in [1.165, 1.54) is 0 Å². The standard InChI is InChI=1S/C11H17ClN2S/c1-4-6-9-13-10(12)8(3)11(14-9)15-7-5-2/h4-7H2,1-3H3. The van der Waals surface area contributed by atoms with E-state index in [0.717, 1.165) is 41.4 Å². The summed E-state index contributed by atoms with van der Waals surface area (Å²) in [4.78, 5) is 8.80. The van der Waals surface area contributed by atoms with Crippen molar-refractivity contribution in [1.29, 1.82) is 0 Å². The normalized spacial score (nSPS) is 10.7. The maximum atomic E-state index is 6.07. The van der Waals surface area contributed by atoms with Gasteiger partial charge in [0.1, 0.15) is 16.0 Å². The minimum absolute atomic E-state index is 0.604. The van der Waals surface area contributed by atoms with Crippen molar-refractivity contribution in [3.05, 3.63) is 16.5 Å². The molecule has 0 aliphatic rings. The van der Waals surface area contributed by atoms with Gasteiger partial charge in [-0.05, 0) is 25.5 Å². The lowest BCUT2D eigenvalue weighted by atomic mass is 10.3. The van der Waals surface area contributed by atoms with Crippen LogP contribution < -0.4 is 0 Å². The molecular formula is C11H17ClN2S. The SMILES string of the molecule is CCCSc1nc(CCC)nc(Cl)c1C. The Bertz CT molecular complexity index is 329. The molecular weight excluding hydrogens is 228 g/mol. The molecule has 0 aliphatic heterocycles. The van der Waals surface area contributed by atoms with Gasteiger partial charge in [-0.3, -0.25) is 0 Å². The van der Waals surface area contributed by atoms with E-state index in [4.69, 9.17) is 11.6 Å². The van der Waals surface area contributed by atoms with Crippen LogP contribution in [0.2, 0.25) is 5.15 Å². The Kier molecular flexibility index (Phi) is 5.40. The van der Waals surface area contributed by atoms with Crippen LogP contribution in [0.4, 0.5) is 0 Å². The predicted octanol–water partition coefficient (Wildman–Crippen LogP) is 3.89. The average Bonchev–Trinajstić information content (AvgIpc) is 2.21. The van der Waals surface area contributed by atoms with Gasteiger partial charge in [-0.15, -0.1) is 11.8 Å². The zero-order valence-electron chi connectivity index (χ0n) is 9.51. The van der Waals surface area contributed by atoms with Crippen molar-refractivity contribution in [2.45, 2.75) is 45.1 Å². The first-order valence-electron chi connectivity index (χ1n) is 5.34. The summed E-state index contributed by atoms with van der Waals surface area (Å²) in [5, 5.41) is 1.65. The van der Waals surface area contributed by atoms with Crippen molar-refractivity contribution in [2.24, 2.45) is 0 Å². The van der Waals surface area contributed by atoms with Gasteiger partial charge in [0, 0.05) is 12.0 Å². The van der Waals surface area contributed by atoms with Gasteiger partial charge in [0.25, 0.3) is 0 Å². The first kappa shape index (κ1) is 12.8. The highest BCUT2D eigenvalue weighted by Crippen LogP contribution is 2.25. The average molecular weight is 245 g/mol. The van der Waals surface area contributed by atoms with Crippen molar-refractivity contribution >= 4 is 23.4 Å². The molecule has 4 heteroatoms. The molecule has 0 saturated carbocycles. The van der Waals surface area contributed by atoms with Gasteiger partial charge in [-0.2, -0.15) is 0 Å². The van der Waals surface area contributed by atoms with Crippen LogP contribution >= 0.6 is 23.4 Å². The molecule has 0 atom stereocenters. The quantitative estimate of drug-likeness (QED) is 0.581. The Morgan fingerprint density at radius 2 is 1.93 bits per heavy atom. The lowest BCUT2D eigenvalue weighted by molar-refractivity contribution is 0.801. The molecule has 1 aromatic rings. The Hall–Kier alpha value is -0.280.